The van der Waals surface area contributed by atoms with E-state index >= 15 is 0 Å². The molecule has 7 nitrogen and oxygen atoms in total. The van der Waals surface area contributed by atoms with Crippen molar-refractivity contribution in [3.63, 3.8) is 0 Å². The number of rotatable bonds is 7. The molecule has 0 spiro atoms. The van der Waals surface area contributed by atoms with E-state index < -0.39 is 0 Å². The number of ether oxygens (including phenoxy) is 2. The van der Waals surface area contributed by atoms with Crippen molar-refractivity contribution in [3.05, 3.63) is 65.6 Å². The van der Waals surface area contributed by atoms with Crippen LogP contribution in [0.15, 0.2) is 60.0 Å². The van der Waals surface area contributed by atoms with Gasteiger partial charge in [-0.05, 0) is 30.7 Å². The molecular formula is C22H20N4O3S. The van der Waals surface area contributed by atoms with Crippen LogP contribution in [0.4, 0.5) is 5.95 Å². The zero-order chi connectivity index (χ0) is 20.9. The molecule has 4 rings (SSSR count). The van der Waals surface area contributed by atoms with Gasteiger partial charge in [0.2, 0.25) is 4.96 Å². The number of thiazole rings is 1. The Bertz CT molecular complexity index is 1200. The van der Waals surface area contributed by atoms with Crippen LogP contribution in [0, 0.1) is 0 Å². The Labute approximate surface area is 177 Å². The molecule has 2 aromatic heterocycles. The maximum absolute atomic E-state index is 12.3. The van der Waals surface area contributed by atoms with Crippen LogP contribution in [0.1, 0.15) is 12.5 Å². The van der Waals surface area contributed by atoms with E-state index in [2.05, 4.69) is 15.4 Å². The molecule has 0 unspecified atom stereocenters. The lowest BCUT2D eigenvalue weighted by atomic mass is 10.2. The molecule has 152 valence electrons. The fourth-order valence-electron chi connectivity index (χ4n) is 2.93. The van der Waals surface area contributed by atoms with Crippen LogP contribution in [0.2, 0.25) is 0 Å². The molecule has 8 heteroatoms. The second-order valence-corrected chi connectivity index (χ2v) is 7.12. The predicted molar refractivity (Wildman–Crippen MR) is 118 cm³/mol. The molecular weight excluding hydrogens is 400 g/mol. The van der Waals surface area contributed by atoms with E-state index in [1.165, 1.54) is 17.4 Å². The Morgan fingerprint density at radius 2 is 2.03 bits per heavy atom. The lowest BCUT2D eigenvalue weighted by Crippen LogP contribution is -2.09. The van der Waals surface area contributed by atoms with Gasteiger partial charge in [-0.15, -0.1) is 16.4 Å². The highest BCUT2D eigenvalue weighted by Crippen LogP contribution is 2.28. The van der Waals surface area contributed by atoms with E-state index in [9.17, 15) is 4.79 Å². The molecule has 0 atom stereocenters. The normalized spacial score (nSPS) is 11.1. The average Bonchev–Trinajstić information content (AvgIpc) is 3.34. The number of aromatic nitrogens is 3. The minimum absolute atomic E-state index is 0.262. The monoisotopic (exact) mass is 420 g/mol. The van der Waals surface area contributed by atoms with Crippen molar-refractivity contribution < 1.29 is 14.3 Å². The summed E-state index contributed by atoms with van der Waals surface area (Å²) in [5.74, 6) is 1.22. The van der Waals surface area contributed by atoms with E-state index in [1.54, 1.807) is 17.7 Å². The molecule has 0 saturated heterocycles. The molecule has 0 aliphatic heterocycles. The summed E-state index contributed by atoms with van der Waals surface area (Å²) < 4.78 is 12.6. The topological polar surface area (TPSA) is 77.8 Å². The highest BCUT2D eigenvalue weighted by Gasteiger charge is 2.12. The first-order chi connectivity index (χ1) is 14.7. The third kappa shape index (κ3) is 4.18. The maximum Gasteiger partial charge on any atom is 0.250 e. The first-order valence-electron chi connectivity index (χ1n) is 9.37. The molecule has 1 N–H and O–H groups in total. The number of nitrogens with zero attached hydrogens (tertiary/aromatic N) is 3. The van der Waals surface area contributed by atoms with Crippen molar-refractivity contribution in [1.29, 1.82) is 0 Å². The first-order valence-corrected chi connectivity index (χ1v) is 10.3. The predicted octanol–water partition coefficient (Wildman–Crippen LogP) is 4.52. The van der Waals surface area contributed by atoms with Gasteiger partial charge < -0.3 is 9.47 Å². The zero-order valence-electron chi connectivity index (χ0n) is 16.5. The molecule has 30 heavy (non-hydrogen) atoms. The summed E-state index contributed by atoms with van der Waals surface area (Å²) in [6.07, 6.45) is 3.13. The summed E-state index contributed by atoms with van der Waals surface area (Å²) in [6.45, 7) is 2.46. The largest absolute Gasteiger partial charge is 0.493 e. The average molecular weight is 420 g/mol. The molecule has 0 radical (unpaired) electrons. The highest BCUT2D eigenvalue weighted by atomic mass is 32.1. The minimum atomic E-state index is -0.317. The second-order valence-electron chi connectivity index (χ2n) is 6.28. The number of benzene rings is 2. The number of amides is 1. The fraction of sp³-hybridized carbons (Fsp3) is 0.136. The Morgan fingerprint density at radius 1 is 1.20 bits per heavy atom. The number of carbonyl (C=O) groups excluding carboxylic acids is 1. The van der Waals surface area contributed by atoms with Crippen LogP contribution in [-0.2, 0) is 4.79 Å². The van der Waals surface area contributed by atoms with Crippen LogP contribution in [0.3, 0.4) is 0 Å². The van der Waals surface area contributed by atoms with E-state index in [4.69, 9.17) is 9.47 Å². The van der Waals surface area contributed by atoms with Gasteiger partial charge in [0.15, 0.2) is 11.5 Å². The van der Waals surface area contributed by atoms with Gasteiger partial charge in [-0.3, -0.25) is 10.1 Å². The smallest absolute Gasteiger partial charge is 0.250 e. The lowest BCUT2D eigenvalue weighted by molar-refractivity contribution is -0.111. The standard InChI is InChI=1S/C22H20N4O3S/c1-3-29-18-11-9-15(13-19(18)28-2)10-12-20(27)23-21-24-22-26(25-21)17(14-30-22)16-7-5-4-6-8-16/h4-14H,3H2,1-2H3,(H,23,25,27)/b12-10+. The Hall–Kier alpha value is -3.65. The van der Waals surface area contributed by atoms with Gasteiger partial charge in [0.25, 0.3) is 11.9 Å². The fourth-order valence-corrected chi connectivity index (χ4v) is 3.76. The van der Waals surface area contributed by atoms with Crippen molar-refractivity contribution in [3.8, 4) is 22.8 Å². The van der Waals surface area contributed by atoms with Gasteiger partial charge in [0, 0.05) is 17.0 Å². The number of hydrogen-bond donors (Lipinski definition) is 1. The number of fused-ring (bicyclic) bond motifs is 1. The first kappa shape index (κ1) is 19.7. The van der Waals surface area contributed by atoms with Crippen LogP contribution in [0.5, 0.6) is 11.5 Å². The van der Waals surface area contributed by atoms with Crippen molar-refractivity contribution in [2.45, 2.75) is 6.92 Å². The summed E-state index contributed by atoms with van der Waals surface area (Å²) in [5.41, 5.74) is 2.78. The van der Waals surface area contributed by atoms with Gasteiger partial charge in [0.05, 0.1) is 19.4 Å². The van der Waals surface area contributed by atoms with Gasteiger partial charge in [-0.25, -0.2) is 4.52 Å². The molecule has 0 saturated carbocycles. The van der Waals surface area contributed by atoms with Crippen LogP contribution < -0.4 is 14.8 Å². The Balaban J connectivity index is 1.48. The van der Waals surface area contributed by atoms with E-state index in [0.717, 1.165) is 16.8 Å². The van der Waals surface area contributed by atoms with Crippen LogP contribution >= 0.6 is 11.3 Å². The van der Waals surface area contributed by atoms with Crippen molar-refractivity contribution in [2.24, 2.45) is 0 Å². The van der Waals surface area contributed by atoms with Crippen molar-refractivity contribution in [2.75, 3.05) is 19.0 Å². The van der Waals surface area contributed by atoms with Crippen LogP contribution in [0.25, 0.3) is 22.3 Å². The van der Waals surface area contributed by atoms with E-state index in [1.807, 2.05) is 60.8 Å². The summed E-state index contributed by atoms with van der Waals surface area (Å²) in [7, 11) is 1.58. The highest BCUT2D eigenvalue weighted by molar-refractivity contribution is 7.15. The minimum Gasteiger partial charge on any atom is -0.493 e. The quantitative estimate of drug-likeness (QED) is 0.445. The van der Waals surface area contributed by atoms with E-state index in [-0.39, 0.29) is 11.9 Å². The summed E-state index contributed by atoms with van der Waals surface area (Å²) in [5, 5.41) is 9.12. The summed E-state index contributed by atoms with van der Waals surface area (Å²) in [6, 6.07) is 15.4. The van der Waals surface area contributed by atoms with Gasteiger partial charge in [0.1, 0.15) is 0 Å². The molecule has 2 heterocycles. The van der Waals surface area contributed by atoms with Crippen LogP contribution in [-0.4, -0.2) is 34.2 Å². The zero-order valence-corrected chi connectivity index (χ0v) is 17.3. The number of anilines is 1. The second kappa shape index (κ2) is 8.79. The lowest BCUT2D eigenvalue weighted by Gasteiger charge is -2.09. The third-order valence-electron chi connectivity index (χ3n) is 4.30. The Morgan fingerprint density at radius 3 is 2.80 bits per heavy atom. The molecule has 0 fully saturated rings. The molecule has 1 amide bonds. The Kier molecular flexibility index (Phi) is 5.76. The van der Waals surface area contributed by atoms with Crippen molar-refractivity contribution in [1.82, 2.24) is 14.6 Å². The van der Waals surface area contributed by atoms with Crippen molar-refractivity contribution >= 4 is 34.2 Å². The van der Waals surface area contributed by atoms with Gasteiger partial charge in [-0.2, -0.15) is 4.98 Å². The molecule has 4 aromatic rings. The third-order valence-corrected chi connectivity index (χ3v) is 5.12. The molecule has 0 bridgehead atoms. The van der Waals surface area contributed by atoms with Gasteiger partial charge in [-0.1, -0.05) is 36.4 Å². The number of nitrogens with one attached hydrogen (secondary N) is 1. The molecule has 2 aromatic carbocycles. The SMILES string of the molecule is CCOc1ccc(/C=C/C(=O)Nc2nc3scc(-c4ccccc4)n3n2)cc1OC. The molecule has 0 aliphatic rings. The number of methoxy groups -OCH3 is 1. The molecule has 0 aliphatic carbocycles. The summed E-state index contributed by atoms with van der Waals surface area (Å²) >= 11 is 1.47. The summed E-state index contributed by atoms with van der Waals surface area (Å²) in [4.78, 5) is 17.4. The number of hydrogen-bond acceptors (Lipinski definition) is 6. The van der Waals surface area contributed by atoms with Gasteiger partial charge >= 0.3 is 0 Å². The number of carbonyl (C=O) groups is 1. The maximum atomic E-state index is 12.3. The van der Waals surface area contributed by atoms with E-state index in [0.29, 0.717) is 23.1 Å².